The standard InChI is InChI=1S/C11H10N2O3/c1-7-6-12-13(10(7)14)9-4-2-3-8(5-9)11(15)16/h2-7H,1H3,(H,15,16). The number of carbonyl (C=O) groups excluding carboxylic acids is 1. The highest BCUT2D eigenvalue weighted by atomic mass is 16.4. The lowest BCUT2D eigenvalue weighted by molar-refractivity contribution is -0.119. The van der Waals surface area contributed by atoms with Crippen molar-refractivity contribution >= 4 is 23.8 Å². The summed E-state index contributed by atoms with van der Waals surface area (Å²) in [6, 6.07) is 6.14. The van der Waals surface area contributed by atoms with Crippen LogP contribution in [0.3, 0.4) is 0 Å². The van der Waals surface area contributed by atoms with Crippen LogP contribution in [0.1, 0.15) is 17.3 Å². The second-order valence-electron chi connectivity index (χ2n) is 3.56. The summed E-state index contributed by atoms with van der Waals surface area (Å²) in [6.07, 6.45) is 1.54. The molecule has 1 aliphatic heterocycles. The normalized spacial score (nSPS) is 19.2. The van der Waals surface area contributed by atoms with E-state index in [1.165, 1.54) is 23.4 Å². The van der Waals surface area contributed by atoms with Crippen LogP contribution in [0.2, 0.25) is 0 Å². The first-order valence-corrected chi connectivity index (χ1v) is 4.81. The lowest BCUT2D eigenvalue weighted by Gasteiger charge is -2.13. The lowest BCUT2D eigenvalue weighted by Crippen LogP contribution is -2.24. The second-order valence-corrected chi connectivity index (χ2v) is 3.56. The number of amides is 1. The first-order chi connectivity index (χ1) is 7.59. The molecule has 1 aliphatic rings. The molecule has 16 heavy (non-hydrogen) atoms. The van der Waals surface area contributed by atoms with E-state index in [4.69, 9.17) is 5.11 Å². The molecule has 0 saturated heterocycles. The number of nitrogens with zero attached hydrogens (tertiary/aromatic N) is 2. The van der Waals surface area contributed by atoms with Crippen molar-refractivity contribution in [2.24, 2.45) is 11.0 Å². The zero-order valence-electron chi connectivity index (χ0n) is 8.62. The highest BCUT2D eigenvalue weighted by Gasteiger charge is 2.26. The van der Waals surface area contributed by atoms with Gasteiger partial charge in [-0.15, -0.1) is 0 Å². The van der Waals surface area contributed by atoms with Crippen molar-refractivity contribution in [2.75, 3.05) is 5.01 Å². The molecule has 0 bridgehead atoms. The number of hydrazone groups is 1. The van der Waals surface area contributed by atoms with E-state index in [1.807, 2.05) is 0 Å². The molecular weight excluding hydrogens is 208 g/mol. The molecule has 1 aromatic carbocycles. The predicted octanol–water partition coefficient (Wildman–Crippen LogP) is 1.35. The summed E-state index contributed by atoms with van der Waals surface area (Å²) in [5, 5.41) is 14.0. The Morgan fingerprint density at radius 1 is 1.50 bits per heavy atom. The van der Waals surface area contributed by atoms with E-state index in [2.05, 4.69) is 5.10 Å². The van der Waals surface area contributed by atoms with Gasteiger partial charge < -0.3 is 5.11 Å². The maximum atomic E-state index is 11.6. The number of rotatable bonds is 2. The first-order valence-electron chi connectivity index (χ1n) is 4.81. The molecule has 1 unspecified atom stereocenters. The Labute approximate surface area is 92.0 Å². The number of carbonyl (C=O) groups is 2. The third-order valence-electron chi connectivity index (χ3n) is 2.34. The van der Waals surface area contributed by atoms with Gasteiger partial charge in [-0.1, -0.05) is 6.07 Å². The van der Waals surface area contributed by atoms with E-state index in [1.54, 1.807) is 19.1 Å². The van der Waals surface area contributed by atoms with Crippen LogP contribution in [0.15, 0.2) is 29.4 Å². The van der Waals surface area contributed by atoms with E-state index in [0.717, 1.165) is 0 Å². The molecule has 1 N–H and O–H groups in total. The number of carboxylic acids is 1. The van der Waals surface area contributed by atoms with Gasteiger partial charge in [0.25, 0.3) is 5.91 Å². The predicted molar refractivity (Wildman–Crippen MR) is 58.5 cm³/mol. The molecular formula is C11H10N2O3. The number of benzene rings is 1. The molecule has 5 nitrogen and oxygen atoms in total. The number of aromatic carboxylic acids is 1. The molecule has 0 fully saturated rings. The molecule has 1 aromatic rings. The summed E-state index contributed by atoms with van der Waals surface area (Å²) in [5.41, 5.74) is 0.616. The van der Waals surface area contributed by atoms with Crippen LogP contribution in [0.25, 0.3) is 0 Å². The Hall–Kier alpha value is -2.17. The average molecular weight is 218 g/mol. The fourth-order valence-corrected chi connectivity index (χ4v) is 1.44. The van der Waals surface area contributed by atoms with Crippen LogP contribution in [0.4, 0.5) is 5.69 Å². The Balaban J connectivity index is 2.35. The smallest absolute Gasteiger partial charge is 0.335 e. The van der Waals surface area contributed by atoms with Crippen LogP contribution >= 0.6 is 0 Å². The molecule has 0 radical (unpaired) electrons. The molecule has 1 heterocycles. The van der Waals surface area contributed by atoms with E-state index in [9.17, 15) is 9.59 Å². The van der Waals surface area contributed by atoms with Crippen molar-refractivity contribution in [3.63, 3.8) is 0 Å². The van der Waals surface area contributed by atoms with E-state index in [0.29, 0.717) is 5.69 Å². The van der Waals surface area contributed by atoms with Crippen LogP contribution in [-0.2, 0) is 4.79 Å². The fraction of sp³-hybridized carbons (Fsp3) is 0.182. The Morgan fingerprint density at radius 3 is 2.81 bits per heavy atom. The van der Waals surface area contributed by atoms with Gasteiger partial charge in [-0.2, -0.15) is 5.10 Å². The molecule has 0 spiro atoms. The Morgan fingerprint density at radius 2 is 2.25 bits per heavy atom. The van der Waals surface area contributed by atoms with Crippen molar-refractivity contribution < 1.29 is 14.7 Å². The van der Waals surface area contributed by atoms with Gasteiger partial charge in [0.1, 0.15) is 0 Å². The van der Waals surface area contributed by atoms with Crippen LogP contribution in [0.5, 0.6) is 0 Å². The minimum atomic E-state index is -1.02. The van der Waals surface area contributed by atoms with Crippen molar-refractivity contribution in [1.82, 2.24) is 0 Å². The minimum absolute atomic E-state index is 0.139. The van der Waals surface area contributed by atoms with E-state index < -0.39 is 5.97 Å². The van der Waals surface area contributed by atoms with Gasteiger partial charge in [0, 0.05) is 6.21 Å². The Bertz CT molecular complexity index is 482. The molecule has 0 saturated carbocycles. The van der Waals surface area contributed by atoms with Crippen LogP contribution in [0, 0.1) is 5.92 Å². The average Bonchev–Trinajstić information content (AvgIpc) is 2.60. The van der Waals surface area contributed by atoms with Gasteiger partial charge in [0.2, 0.25) is 0 Å². The fourth-order valence-electron chi connectivity index (χ4n) is 1.44. The van der Waals surface area contributed by atoms with Gasteiger partial charge >= 0.3 is 5.97 Å². The Kier molecular flexibility index (Phi) is 2.44. The van der Waals surface area contributed by atoms with Crippen LogP contribution < -0.4 is 5.01 Å². The zero-order valence-corrected chi connectivity index (χ0v) is 8.62. The topological polar surface area (TPSA) is 70.0 Å². The minimum Gasteiger partial charge on any atom is -0.478 e. The van der Waals surface area contributed by atoms with E-state index >= 15 is 0 Å². The number of anilines is 1. The van der Waals surface area contributed by atoms with Crippen molar-refractivity contribution in [3.05, 3.63) is 29.8 Å². The van der Waals surface area contributed by atoms with Gasteiger partial charge in [0.05, 0.1) is 17.2 Å². The van der Waals surface area contributed by atoms with E-state index in [-0.39, 0.29) is 17.4 Å². The molecule has 0 aliphatic carbocycles. The molecule has 0 aromatic heterocycles. The summed E-state index contributed by atoms with van der Waals surface area (Å²) < 4.78 is 0. The van der Waals surface area contributed by atoms with Crippen molar-refractivity contribution in [2.45, 2.75) is 6.92 Å². The van der Waals surface area contributed by atoms with Crippen molar-refractivity contribution in [1.29, 1.82) is 0 Å². The summed E-state index contributed by atoms with van der Waals surface area (Å²) in [7, 11) is 0. The number of carboxylic acid groups (broad SMARTS) is 1. The maximum absolute atomic E-state index is 11.6. The first kappa shape index (κ1) is 10.4. The summed E-state index contributed by atoms with van der Waals surface area (Å²) in [5.74, 6) is -1.43. The van der Waals surface area contributed by atoms with Gasteiger partial charge in [-0.3, -0.25) is 4.79 Å². The van der Waals surface area contributed by atoms with Crippen molar-refractivity contribution in [3.8, 4) is 0 Å². The molecule has 5 heteroatoms. The lowest BCUT2D eigenvalue weighted by atomic mass is 10.1. The summed E-state index contributed by atoms with van der Waals surface area (Å²) in [4.78, 5) is 22.4. The van der Waals surface area contributed by atoms with Gasteiger partial charge in [-0.05, 0) is 25.1 Å². The molecule has 1 atom stereocenters. The molecule has 82 valence electrons. The van der Waals surface area contributed by atoms with Gasteiger partial charge in [-0.25, -0.2) is 9.80 Å². The third-order valence-corrected chi connectivity index (χ3v) is 2.34. The molecule has 2 rings (SSSR count). The van der Waals surface area contributed by atoms with Crippen LogP contribution in [-0.4, -0.2) is 23.2 Å². The quantitative estimate of drug-likeness (QED) is 0.814. The third kappa shape index (κ3) is 1.67. The molecule has 1 amide bonds. The largest absolute Gasteiger partial charge is 0.478 e. The SMILES string of the molecule is CC1C=NN(c2cccc(C(=O)O)c2)C1=O. The second kappa shape index (κ2) is 3.77. The summed E-state index contributed by atoms with van der Waals surface area (Å²) in [6.45, 7) is 1.74. The zero-order chi connectivity index (χ0) is 11.7. The highest BCUT2D eigenvalue weighted by Crippen LogP contribution is 2.21. The maximum Gasteiger partial charge on any atom is 0.335 e. The van der Waals surface area contributed by atoms with Gasteiger partial charge in [0.15, 0.2) is 0 Å². The number of hydrogen-bond acceptors (Lipinski definition) is 3. The monoisotopic (exact) mass is 218 g/mol. The highest BCUT2D eigenvalue weighted by molar-refractivity contribution is 6.08. The number of hydrogen-bond donors (Lipinski definition) is 1. The summed E-state index contributed by atoms with van der Waals surface area (Å²) >= 11 is 0.